The highest BCUT2D eigenvalue weighted by molar-refractivity contribution is 7.90. The Bertz CT molecular complexity index is 942. The number of aromatic nitrogens is 3. The second-order valence-electron chi connectivity index (χ2n) is 6.16. The number of carbonyl (C=O) groups is 1. The summed E-state index contributed by atoms with van der Waals surface area (Å²) in [6.07, 6.45) is 4.88. The Hall–Kier alpha value is -2.42. The molecule has 0 fully saturated rings. The van der Waals surface area contributed by atoms with Gasteiger partial charge in [0, 0.05) is 24.9 Å². The first-order valence-electron chi connectivity index (χ1n) is 8.11. The fourth-order valence-corrected chi connectivity index (χ4v) is 3.48. The summed E-state index contributed by atoms with van der Waals surface area (Å²) in [5, 5.41) is 6.91. The molecule has 25 heavy (non-hydrogen) atoms. The number of hydrogen-bond acceptors (Lipinski definition) is 5. The predicted molar refractivity (Wildman–Crippen MR) is 92.2 cm³/mol. The molecule has 1 N–H and O–H groups in total. The largest absolute Gasteiger partial charge is 0.346 e. The smallest absolute Gasteiger partial charge is 0.324 e. The van der Waals surface area contributed by atoms with E-state index in [4.69, 9.17) is 0 Å². The van der Waals surface area contributed by atoms with Crippen LogP contribution in [0.25, 0.3) is 0 Å². The number of hydrogen-bond donors (Lipinski definition) is 1. The molecule has 1 aromatic heterocycles. The lowest BCUT2D eigenvalue weighted by atomic mass is 10.2. The van der Waals surface area contributed by atoms with E-state index in [1.165, 1.54) is 28.9 Å². The summed E-state index contributed by atoms with van der Waals surface area (Å²) in [6, 6.07) is 5.88. The van der Waals surface area contributed by atoms with Gasteiger partial charge in [0.05, 0.1) is 4.90 Å². The zero-order valence-electron chi connectivity index (χ0n) is 13.9. The van der Waals surface area contributed by atoms with Crippen LogP contribution in [-0.2, 0) is 34.1 Å². The Morgan fingerprint density at radius 1 is 1.20 bits per heavy atom. The Morgan fingerprint density at radius 2 is 1.92 bits per heavy atom. The monoisotopic (exact) mass is 364 g/mol. The van der Waals surface area contributed by atoms with Gasteiger partial charge in [-0.1, -0.05) is 6.42 Å². The van der Waals surface area contributed by atoms with Crippen LogP contribution in [0.5, 0.6) is 0 Å². The lowest BCUT2D eigenvalue weighted by Crippen LogP contribution is -2.30. The van der Waals surface area contributed by atoms with Gasteiger partial charge >= 0.3 is 5.69 Å². The number of sulfone groups is 1. The van der Waals surface area contributed by atoms with Gasteiger partial charge in [0.1, 0.15) is 12.4 Å². The second-order valence-corrected chi connectivity index (χ2v) is 8.18. The van der Waals surface area contributed by atoms with Gasteiger partial charge in [-0.15, -0.1) is 0 Å². The van der Waals surface area contributed by atoms with E-state index in [1.807, 2.05) is 0 Å². The lowest BCUT2D eigenvalue weighted by molar-refractivity contribution is -0.117. The van der Waals surface area contributed by atoms with Crippen LogP contribution in [0, 0.1) is 0 Å². The van der Waals surface area contributed by atoms with Gasteiger partial charge in [-0.25, -0.2) is 17.9 Å². The van der Waals surface area contributed by atoms with Crippen LogP contribution in [0.2, 0.25) is 0 Å². The van der Waals surface area contributed by atoms with E-state index < -0.39 is 9.84 Å². The van der Waals surface area contributed by atoms with Crippen molar-refractivity contribution in [3.63, 3.8) is 0 Å². The fraction of sp³-hybridized carbons (Fsp3) is 0.438. The van der Waals surface area contributed by atoms with Gasteiger partial charge in [-0.05, 0) is 37.1 Å². The SMILES string of the molecule is CS(=O)(=O)c1ccc(NC(=O)Cn2nc3n(c2=O)CCCCC3)cc1. The molecule has 0 radical (unpaired) electrons. The van der Waals surface area contributed by atoms with Crippen LogP contribution in [0.3, 0.4) is 0 Å². The highest BCUT2D eigenvalue weighted by Crippen LogP contribution is 2.14. The molecular weight excluding hydrogens is 344 g/mol. The van der Waals surface area contributed by atoms with Crippen molar-refractivity contribution < 1.29 is 13.2 Å². The molecule has 1 aliphatic rings. The van der Waals surface area contributed by atoms with E-state index in [1.54, 1.807) is 4.57 Å². The molecule has 1 amide bonds. The van der Waals surface area contributed by atoms with Crippen molar-refractivity contribution in [3.05, 3.63) is 40.6 Å². The van der Waals surface area contributed by atoms with Gasteiger partial charge in [0.25, 0.3) is 0 Å². The zero-order valence-corrected chi connectivity index (χ0v) is 14.8. The molecular formula is C16H20N4O4S. The Labute approximate surface area is 145 Å². The van der Waals surface area contributed by atoms with Gasteiger partial charge in [-0.2, -0.15) is 5.10 Å². The molecule has 0 spiro atoms. The molecule has 0 unspecified atom stereocenters. The lowest BCUT2D eigenvalue weighted by Gasteiger charge is -2.06. The van der Waals surface area contributed by atoms with Crippen LogP contribution in [-0.4, -0.2) is 34.9 Å². The number of anilines is 1. The van der Waals surface area contributed by atoms with Crippen LogP contribution in [0.15, 0.2) is 34.0 Å². The molecule has 2 heterocycles. The van der Waals surface area contributed by atoms with Crippen molar-refractivity contribution in [2.24, 2.45) is 0 Å². The number of aryl methyl sites for hydroxylation is 1. The number of nitrogens with zero attached hydrogens (tertiary/aromatic N) is 3. The second kappa shape index (κ2) is 6.83. The first-order valence-corrected chi connectivity index (χ1v) is 10.0. The molecule has 0 saturated carbocycles. The number of benzene rings is 1. The maximum Gasteiger partial charge on any atom is 0.346 e. The minimum Gasteiger partial charge on any atom is -0.324 e. The molecule has 0 saturated heterocycles. The number of rotatable bonds is 4. The molecule has 0 bridgehead atoms. The summed E-state index contributed by atoms with van der Waals surface area (Å²) < 4.78 is 25.7. The van der Waals surface area contributed by atoms with Gasteiger partial charge in [-0.3, -0.25) is 9.36 Å². The highest BCUT2D eigenvalue weighted by atomic mass is 32.2. The van der Waals surface area contributed by atoms with Crippen molar-refractivity contribution in [1.82, 2.24) is 14.3 Å². The average molecular weight is 364 g/mol. The summed E-state index contributed by atoms with van der Waals surface area (Å²) in [5.41, 5.74) is 0.200. The average Bonchev–Trinajstić information content (AvgIpc) is 2.73. The van der Waals surface area contributed by atoms with Crippen LogP contribution in [0.4, 0.5) is 5.69 Å². The topological polar surface area (TPSA) is 103 Å². The molecule has 0 aliphatic carbocycles. The number of carbonyl (C=O) groups excluding carboxylic acids is 1. The van der Waals surface area contributed by atoms with E-state index in [0.29, 0.717) is 12.2 Å². The van der Waals surface area contributed by atoms with Crippen molar-refractivity contribution in [2.75, 3.05) is 11.6 Å². The van der Waals surface area contributed by atoms with Crippen LogP contribution >= 0.6 is 0 Å². The minimum atomic E-state index is -3.28. The third-order valence-electron chi connectivity index (χ3n) is 4.14. The zero-order chi connectivity index (χ0) is 18.0. The number of nitrogens with one attached hydrogen (secondary N) is 1. The number of fused-ring (bicyclic) bond motifs is 1. The van der Waals surface area contributed by atoms with Crippen molar-refractivity contribution >= 4 is 21.4 Å². The van der Waals surface area contributed by atoms with E-state index in [0.717, 1.165) is 37.8 Å². The maximum absolute atomic E-state index is 12.3. The quantitative estimate of drug-likeness (QED) is 0.865. The number of amides is 1. The van der Waals surface area contributed by atoms with Crippen molar-refractivity contribution in [3.8, 4) is 0 Å². The minimum absolute atomic E-state index is 0.174. The highest BCUT2D eigenvalue weighted by Gasteiger charge is 2.17. The van der Waals surface area contributed by atoms with Crippen LogP contribution in [0.1, 0.15) is 25.1 Å². The van der Waals surface area contributed by atoms with Crippen molar-refractivity contribution in [1.29, 1.82) is 0 Å². The Balaban J connectivity index is 1.70. The molecule has 9 heteroatoms. The molecule has 1 aromatic carbocycles. The predicted octanol–water partition coefficient (Wildman–Crippen LogP) is 0.813. The third-order valence-corrected chi connectivity index (χ3v) is 5.27. The Kier molecular flexibility index (Phi) is 4.76. The third kappa shape index (κ3) is 3.98. The molecule has 3 rings (SSSR count). The summed E-state index contributed by atoms with van der Waals surface area (Å²) in [7, 11) is -3.28. The standard InChI is InChI=1S/C16H20N4O4S/c1-25(23,24)13-8-6-12(7-9-13)17-15(21)11-20-16(22)19-10-4-2-3-5-14(19)18-20/h6-9H,2-5,10-11H2,1H3,(H,17,21). The molecule has 1 aliphatic heterocycles. The van der Waals surface area contributed by atoms with E-state index in [2.05, 4.69) is 10.4 Å². The van der Waals surface area contributed by atoms with Gasteiger partial charge in [0.15, 0.2) is 9.84 Å². The fourth-order valence-electron chi connectivity index (χ4n) is 2.85. The van der Waals surface area contributed by atoms with Gasteiger partial charge in [0.2, 0.25) is 5.91 Å². The molecule has 0 atom stereocenters. The van der Waals surface area contributed by atoms with E-state index >= 15 is 0 Å². The Morgan fingerprint density at radius 3 is 2.60 bits per heavy atom. The summed E-state index contributed by atoms with van der Waals surface area (Å²) in [6.45, 7) is 0.468. The van der Waals surface area contributed by atoms with Crippen molar-refractivity contribution in [2.45, 2.75) is 43.7 Å². The summed E-state index contributed by atoms with van der Waals surface area (Å²) >= 11 is 0. The van der Waals surface area contributed by atoms with Crippen LogP contribution < -0.4 is 11.0 Å². The van der Waals surface area contributed by atoms with E-state index in [-0.39, 0.29) is 23.0 Å². The normalized spacial score (nSPS) is 14.6. The first kappa shape index (κ1) is 17.4. The maximum atomic E-state index is 12.3. The molecule has 134 valence electrons. The summed E-state index contributed by atoms with van der Waals surface area (Å²) in [4.78, 5) is 24.7. The molecule has 2 aromatic rings. The summed E-state index contributed by atoms with van der Waals surface area (Å²) in [5.74, 6) is 0.343. The van der Waals surface area contributed by atoms with E-state index in [9.17, 15) is 18.0 Å². The molecule has 8 nitrogen and oxygen atoms in total. The first-order chi connectivity index (χ1) is 11.8. The van der Waals surface area contributed by atoms with Gasteiger partial charge < -0.3 is 5.32 Å².